The van der Waals surface area contributed by atoms with Gasteiger partial charge in [-0.3, -0.25) is 4.72 Å². The molecule has 1 heterocycles. The van der Waals surface area contributed by atoms with Crippen molar-refractivity contribution in [3.8, 4) is 6.07 Å². The van der Waals surface area contributed by atoms with E-state index in [1.165, 1.54) is 6.07 Å². The van der Waals surface area contributed by atoms with E-state index >= 15 is 0 Å². The number of anilines is 1. The summed E-state index contributed by atoms with van der Waals surface area (Å²) in [5.74, 6) is 0. The molecule has 2 aromatic rings. The lowest BCUT2D eigenvalue weighted by molar-refractivity contribution is 0.603. The highest BCUT2D eigenvalue weighted by Crippen LogP contribution is 2.29. The van der Waals surface area contributed by atoms with Crippen molar-refractivity contribution in [1.29, 1.82) is 5.26 Å². The number of rotatable bonds is 3. The molecule has 0 aliphatic rings. The second-order valence-corrected chi connectivity index (χ2v) is 7.00. The Morgan fingerprint density at radius 2 is 2.11 bits per heavy atom. The van der Waals surface area contributed by atoms with Gasteiger partial charge in [-0.25, -0.2) is 8.42 Å². The lowest BCUT2D eigenvalue weighted by Crippen LogP contribution is -2.11. The van der Waals surface area contributed by atoms with E-state index in [-0.39, 0.29) is 4.21 Å². The van der Waals surface area contributed by atoms with E-state index in [1.807, 2.05) is 6.07 Å². The molecule has 2 rings (SSSR count). The quantitative estimate of drug-likeness (QED) is 0.931. The molecule has 7 heteroatoms. The molecule has 0 fully saturated rings. The van der Waals surface area contributed by atoms with Gasteiger partial charge in [0, 0.05) is 4.47 Å². The molecule has 0 atom stereocenters. The Kier molecular flexibility index (Phi) is 3.71. The predicted molar refractivity (Wildman–Crippen MR) is 74.0 cm³/mol. The van der Waals surface area contributed by atoms with Crippen LogP contribution in [0.3, 0.4) is 0 Å². The van der Waals surface area contributed by atoms with Crippen LogP contribution in [0.4, 0.5) is 5.69 Å². The second kappa shape index (κ2) is 5.10. The van der Waals surface area contributed by atoms with Gasteiger partial charge < -0.3 is 0 Å². The number of nitriles is 1. The van der Waals surface area contributed by atoms with E-state index in [2.05, 4.69) is 20.7 Å². The van der Waals surface area contributed by atoms with Crippen LogP contribution in [0, 0.1) is 11.3 Å². The number of hydrogen-bond donors (Lipinski definition) is 1. The maximum absolute atomic E-state index is 12.1. The van der Waals surface area contributed by atoms with Crippen molar-refractivity contribution in [3.05, 3.63) is 45.7 Å². The van der Waals surface area contributed by atoms with E-state index in [9.17, 15) is 8.42 Å². The highest BCUT2D eigenvalue weighted by molar-refractivity contribution is 9.10. The fourth-order valence-electron chi connectivity index (χ4n) is 1.33. The number of nitrogens with zero attached hydrogens (tertiary/aromatic N) is 1. The third-order valence-corrected chi connectivity index (χ3v) is 6.12. The summed E-state index contributed by atoms with van der Waals surface area (Å²) in [6, 6.07) is 9.95. The Hall–Kier alpha value is -1.36. The molecule has 4 nitrogen and oxygen atoms in total. The minimum absolute atomic E-state index is 0.213. The molecule has 0 saturated carbocycles. The van der Waals surface area contributed by atoms with Crippen LogP contribution in [0.5, 0.6) is 0 Å². The highest BCUT2D eigenvalue weighted by Gasteiger charge is 2.19. The van der Waals surface area contributed by atoms with Gasteiger partial charge in [0.15, 0.2) is 4.21 Å². The zero-order valence-electron chi connectivity index (χ0n) is 8.92. The molecule has 0 aliphatic carbocycles. The zero-order chi connectivity index (χ0) is 13.2. The molecule has 0 amide bonds. The van der Waals surface area contributed by atoms with E-state index in [0.29, 0.717) is 15.7 Å². The summed E-state index contributed by atoms with van der Waals surface area (Å²) >= 11 is 4.31. The summed E-state index contributed by atoms with van der Waals surface area (Å²) in [4.78, 5) is 0. The third-order valence-electron chi connectivity index (χ3n) is 2.07. The first kappa shape index (κ1) is 13.1. The summed E-state index contributed by atoms with van der Waals surface area (Å²) in [7, 11) is -3.61. The fourth-order valence-corrected chi connectivity index (χ4v) is 4.71. The average Bonchev–Trinajstić information content (AvgIpc) is 2.76. The Morgan fingerprint density at radius 1 is 1.33 bits per heavy atom. The minimum atomic E-state index is -3.61. The van der Waals surface area contributed by atoms with E-state index in [4.69, 9.17) is 5.26 Å². The Bertz CT molecular complexity index is 717. The zero-order valence-corrected chi connectivity index (χ0v) is 12.1. The van der Waals surface area contributed by atoms with Gasteiger partial charge in [-0.05, 0) is 45.6 Å². The first-order valence-corrected chi connectivity index (χ1v) is 7.94. The molecule has 0 aliphatic heterocycles. The summed E-state index contributed by atoms with van der Waals surface area (Å²) in [5.41, 5.74) is 0.773. The van der Waals surface area contributed by atoms with Crippen molar-refractivity contribution >= 4 is 43.0 Å². The molecule has 1 aromatic heterocycles. The minimum Gasteiger partial charge on any atom is -0.279 e. The lowest BCUT2D eigenvalue weighted by atomic mass is 10.2. The van der Waals surface area contributed by atoms with Gasteiger partial charge in [-0.1, -0.05) is 6.07 Å². The van der Waals surface area contributed by atoms with Gasteiger partial charge >= 0.3 is 0 Å². The van der Waals surface area contributed by atoms with Gasteiger partial charge in [0.1, 0.15) is 0 Å². The average molecular weight is 343 g/mol. The standard InChI is InChI=1S/C11H7BrN2O2S2/c12-10-4-5-17-11(10)18(15,16)14-9-3-1-2-8(6-9)7-13/h1-6,14H. The van der Waals surface area contributed by atoms with Crippen LogP contribution in [-0.4, -0.2) is 8.42 Å². The molecular weight excluding hydrogens is 336 g/mol. The number of thiophene rings is 1. The Labute approximate surface area is 117 Å². The lowest BCUT2D eigenvalue weighted by Gasteiger charge is -2.06. The van der Waals surface area contributed by atoms with Crippen molar-refractivity contribution < 1.29 is 8.42 Å². The summed E-state index contributed by atoms with van der Waals surface area (Å²) < 4.78 is 27.3. The van der Waals surface area contributed by atoms with Gasteiger partial charge in [-0.2, -0.15) is 5.26 Å². The summed E-state index contributed by atoms with van der Waals surface area (Å²) in [5, 5.41) is 10.4. The first-order valence-electron chi connectivity index (χ1n) is 4.79. The molecule has 1 N–H and O–H groups in total. The number of nitrogens with one attached hydrogen (secondary N) is 1. The fraction of sp³-hybridized carbons (Fsp3) is 0. The second-order valence-electron chi connectivity index (χ2n) is 3.35. The summed E-state index contributed by atoms with van der Waals surface area (Å²) in [6.45, 7) is 0. The SMILES string of the molecule is N#Cc1cccc(NS(=O)(=O)c2sccc2Br)c1. The van der Waals surface area contributed by atoms with Crippen LogP contribution >= 0.6 is 27.3 Å². The van der Waals surface area contributed by atoms with Crippen molar-refractivity contribution in [1.82, 2.24) is 0 Å². The summed E-state index contributed by atoms with van der Waals surface area (Å²) in [6.07, 6.45) is 0. The number of sulfonamides is 1. The molecule has 1 aromatic carbocycles. The largest absolute Gasteiger partial charge is 0.279 e. The Balaban J connectivity index is 2.34. The number of benzene rings is 1. The molecule has 0 saturated heterocycles. The predicted octanol–water partition coefficient (Wildman–Crippen LogP) is 3.18. The van der Waals surface area contributed by atoms with Gasteiger partial charge in [0.25, 0.3) is 10.0 Å². The third kappa shape index (κ3) is 2.72. The maximum Gasteiger partial charge on any atom is 0.272 e. The molecule has 0 bridgehead atoms. The van der Waals surface area contributed by atoms with Crippen LogP contribution in [0.2, 0.25) is 0 Å². The molecule has 0 spiro atoms. The van der Waals surface area contributed by atoms with Crippen molar-refractivity contribution in [2.75, 3.05) is 4.72 Å². The smallest absolute Gasteiger partial charge is 0.272 e. The Morgan fingerprint density at radius 3 is 2.72 bits per heavy atom. The maximum atomic E-state index is 12.1. The number of halogens is 1. The molecular formula is C11H7BrN2O2S2. The first-order chi connectivity index (χ1) is 8.53. The normalized spacial score (nSPS) is 10.9. The highest BCUT2D eigenvalue weighted by atomic mass is 79.9. The van der Waals surface area contributed by atoms with E-state index in [1.54, 1.807) is 29.6 Å². The van der Waals surface area contributed by atoms with Gasteiger partial charge in [0.2, 0.25) is 0 Å². The van der Waals surface area contributed by atoms with Crippen molar-refractivity contribution in [2.45, 2.75) is 4.21 Å². The van der Waals surface area contributed by atoms with Crippen molar-refractivity contribution in [3.63, 3.8) is 0 Å². The van der Waals surface area contributed by atoms with E-state index in [0.717, 1.165) is 11.3 Å². The molecule has 0 radical (unpaired) electrons. The molecule has 92 valence electrons. The van der Waals surface area contributed by atoms with Gasteiger partial charge in [-0.15, -0.1) is 11.3 Å². The van der Waals surface area contributed by atoms with Crippen LogP contribution < -0.4 is 4.72 Å². The molecule has 0 unspecified atom stereocenters. The van der Waals surface area contributed by atoms with Crippen LogP contribution in [0.1, 0.15) is 5.56 Å². The number of hydrogen-bond acceptors (Lipinski definition) is 4. The van der Waals surface area contributed by atoms with Crippen LogP contribution in [0.25, 0.3) is 0 Å². The van der Waals surface area contributed by atoms with Crippen LogP contribution in [-0.2, 0) is 10.0 Å². The van der Waals surface area contributed by atoms with Crippen LogP contribution in [0.15, 0.2) is 44.4 Å². The van der Waals surface area contributed by atoms with E-state index < -0.39 is 10.0 Å². The monoisotopic (exact) mass is 342 g/mol. The van der Waals surface area contributed by atoms with Gasteiger partial charge in [0.05, 0.1) is 17.3 Å². The van der Waals surface area contributed by atoms with Crippen molar-refractivity contribution in [2.24, 2.45) is 0 Å². The topological polar surface area (TPSA) is 70.0 Å². The molecule has 18 heavy (non-hydrogen) atoms.